The van der Waals surface area contributed by atoms with Crippen LogP contribution in [0.15, 0.2) is 79.0 Å². The van der Waals surface area contributed by atoms with E-state index in [4.69, 9.17) is 20.4 Å². The largest absolute Gasteiger partial charge is 0.469 e. The normalized spacial score (nSPS) is 14.7. The molecule has 6 rings (SSSR count). The van der Waals surface area contributed by atoms with Crippen molar-refractivity contribution in [3.05, 3.63) is 90.1 Å². The zero-order valence-electron chi connectivity index (χ0n) is 19.2. The number of esters is 1. The second-order valence-electron chi connectivity index (χ2n) is 8.61. The molecule has 7 heteroatoms. The van der Waals surface area contributed by atoms with Crippen molar-refractivity contribution in [1.82, 2.24) is 19.5 Å². The standard InChI is InChI=1S/C28H23N5O2/c1-35-28(34)21-11-9-18-16-19(10-12-20(18)21)33-26(22-8-5-15-30-25(22)29)32-24-14-13-23(31-27(24)33)17-6-3-2-4-7-17/h2-8,10,12-16,21H,9,11H2,1H3,(H2,29,30). The Morgan fingerprint density at radius 3 is 2.69 bits per heavy atom. The Hall–Kier alpha value is -4.52. The summed E-state index contributed by atoms with van der Waals surface area (Å²) in [5, 5.41) is 0. The molecule has 5 aromatic rings. The highest BCUT2D eigenvalue weighted by Crippen LogP contribution is 2.37. The first-order chi connectivity index (χ1) is 17.1. The summed E-state index contributed by atoms with van der Waals surface area (Å²) in [5.41, 5.74) is 13.4. The van der Waals surface area contributed by atoms with Crippen LogP contribution < -0.4 is 5.73 Å². The summed E-state index contributed by atoms with van der Waals surface area (Å²) in [7, 11) is 1.44. The van der Waals surface area contributed by atoms with Crippen LogP contribution in [-0.4, -0.2) is 32.6 Å². The van der Waals surface area contributed by atoms with Gasteiger partial charge < -0.3 is 10.5 Å². The van der Waals surface area contributed by atoms with Crippen molar-refractivity contribution in [3.8, 4) is 28.3 Å². The fraction of sp³-hybridized carbons (Fsp3) is 0.143. The van der Waals surface area contributed by atoms with Crippen LogP contribution in [0.1, 0.15) is 23.5 Å². The zero-order chi connectivity index (χ0) is 23.9. The number of aromatic nitrogens is 4. The number of benzene rings is 2. The van der Waals surface area contributed by atoms with E-state index in [0.717, 1.165) is 57.6 Å². The van der Waals surface area contributed by atoms with Crippen LogP contribution in [0.4, 0.5) is 5.82 Å². The van der Waals surface area contributed by atoms with Gasteiger partial charge in [0, 0.05) is 17.4 Å². The molecule has 3 heterocycles. The van der Waals surface area contributed by atoms with Gasteiger partial charge in [-0.15, -0.1) is 0 Å². The maximum absolute atomic E-state index is 12.2. The van der Waals surface area contributed by atoms with E-state index in [1.807, 2.05) is 71.3 Å². The molecule has 1 atom stereocenters. The molecule has 0 fully saturated rings. The summed E-state index contributed by atoms with van der Waals surface area (Å²) in [6.45, 7) is 0. The maximum Gasteiger partial charge on any atom is 0.313 e. The average molecular weight is 462 g/mol. The Kier molecular flexibility index (Phi) is 5.03. The second-order valence-corrected chi connectivity index (χ2v) is 8.61. The molecule has 0 saturated carbocycles. The Morgan fingerprint density at radius 1 is 1.03 bits per heavy atom. The number of nitrogens with two attached hydrogens (primary N) is 1. The molecule has 1 unspecified atom stereocenters. The van der Waals surface area contributed by atoms with Crippen molar-refractivity contribution < 1.29 is 9.53 Å². The third-order valence-corrected chi connectivity index (χ3v) is 6.60. The quantitative estimate of drug-likeness (QED) is 0.381. The number of anilines is 1. The lowest BCUT2D eigenvalue weighted by molar-refractivity contribution is -0.142. The van der Waals surface area contributed by atoms with Crippen LogP contribution in [0.5, 0.6) is 0 Å². The molecule has 0 amide bonds. The molecule has 1 aliphatic rings. The highest BCUT2D eigenvalue weighted by atomic mass is 16.5. The topological polar surface area (TPSA) is 95.9 Å². The van der Waals surface area contributed by atoms with Crippen LogP contribution in [0, 0.1) is 0 Å². The van der Waals surface area contributed by atoms with Crippen molar-refractivity contribution in [1.29, 1.82) is 0 Å². The smallest absolute Gasteiger partial charge is 0.313 e. The number of nitrogens with zero attached hydrogens (tertiary/aromatic N) is 4. The van der Waals surface area contributed by atoms with Crippen LogP contribution in [-0.2, 0) is 16.0 Å². The van der Waals surface area contributed by atoms with Crippen LogP contribution >= 0.6 is 0 Å². The van der Waals surface area contributed by atoms with Gasteiger partial charge in [0.2, 0.25) is 0 Å². The number of carbonyl (C=O) groups excluding carboxylic acids is 1. The van der Waals surface area contributed by atoms with Crippen LogP contribution in [0.3, 0.4) is 0 Å². The first kappa shape index (κ1) is 21.0. The predicted molar refractivity (Wildman–Crippen MR) is 135 cm³/mol. The van der Waals surface area contributed by atoms with Gasteiger partial charge in [-0.1, -0.05) is 36.4 Å². The number of hydrogen-bond donors (Lipinski definition) is 1. The molecule has 0 aliphatic heterocycles. The molecule has 35 heavy (non-hydrogen) atoms. The van der Waals surface area contributed by atoms with Crippen molar-refractivity contribution in [3.63, 3.8) is 0 Å². The highest BCUT2D eigenvalue weighted by molar-refractivity contribution is 5.85. The molecule has 3 aromatic heterocycles. The summed E-state index contributed by atoms with van der Waals surface area (Å²) < 4.78 is 7.04. The predicted octanol–water partition coefficient (Wildman–Crippen LogP) is 4.93. The van der Waals surface area contributed by atoms with E-state index in [1.54, 1.807) is 6.20 Å². The number of pyridine rings is 2. The molecule has 7 nitrogen and oxygen atoms in total. The Balaban J connectivity index is 1.58. The minimum absolute atomic E-state index is 0.192. The monoisotopic (exact) mass is 461 g/mol. The Morgan fingerprint density at radius 2 is 1.89 bits per heavy atom. The van der Waals surface area contributed by atoms with Crippen molar-refractivity contribution in [2.75, 3.05) is 12.8 Å². The minimum atomic E-state index is -0.222. The van der Waals surface area contributed by atoms with E-state index in [-0.39, 0.29) is 11.9 Å². The molecule has 2 N–H and O–H groups in total. The first-order valence-corrected chi connectivity index (χ1v) is 11.5. The van der Waals surface area contributed by atoms with Gasteiger partial charge in [-0.2, -0.15) is 0 Å². The van der Waals surface area contributed by atoms with Crippen LogP contribution in [0.2, 0.25) is 0 Å². The highest BCUT2D eigenvalue weighted by Gasteiger charge is 2.30. The lowest BCUT2D eigenvalue weighted by Crippen LogP contribution is -2.11. The number of methoxy groups -OCH3 is 1. The first-order valence-electron chi connectivity index (χ1n) is 11.5. The van der Waals surface area contributed by atoms with Gasteiger partial charge in [0.15, 0.2) is 11.5 Å². The van der Waals surface area contributed by atoms with E-state index in [1.165, 1.54) is 7.11 Å². The number of aryl methyl sites for hydroxylation is 1. The fourth-order valence-electron chi connectivity index (χ4n) is 4.89. The summed E-state index contributed by atoms with van der Waals surface area (Å²) in [6, 6.07) is 23.9. The molecule has 172 valence electrons. The summed E-state index contributed by atoms with van der Waals surface area (Å²) in [4.78, 5) is 26.4. The van der Waals surface area contributed by atoms with E-state index in [2.05, 4.69) is 11.1 Å². The Labute approximate surface area is 202 Å². The summed E-state index contributed by atoms with van der Waals surface area (Å²) in [6.07, 6.45) is 3.22. The zero-order valence-corrected chi connectivity index (χ0v) is 19.2. The second kappa shape index (κ2) is 8.36. The average Bonchev–Trinajstić information content (AvgIpc) is 3.49. The molecule has 1 aliphatic carbocycles. The Bertz CT molecular complexity index is 1580. The van der Waals surface area contributed by atoms with Gasteiger partial charge >= 0.3 is 5.97 Å². The van der Waals surface area contributed by atoms with Gasteiger partial charge in [-0.25, -0.2) is 15.0 Å². The summed E-state index contributed by atoms with van der Waals surface area (Å²) in [5.74, 6) is 0.660. The number of hydrogen-bond acceptors (Lipinski definition) is 6. The van der Waals surface area contributed by atoms with Crippen molar-refractivity contribution >= 4 is 23.0 Å². The molecule has 0 bridgehead atoms. The third kappa shape index (κ3) is 3.52. The van der Waals surface area contributed by atoms with Gasteiger partial charge in [0.1, 0.15) is 11.3 Å². The van der Waals surface area contributed by atoms with Crippen LogP contribution in [0.25, 0.3) is 39.5 Å². The van der Waals surface area contributed by atoms with Crippen molar-refractivity contribution in [2.24, 2.45) is 0 Å². The molecular weight excluding hydrogens is 438 g/mol. The molecule has 0 saturated heterocycles. The van der Waals surface area contributed by atoms with E-state index < -0.39 is 0 Å². The molecule has 2 aromatic carbocycles. The fourth-order valence-corrected chi connectivity index (χ4v) is 4.89. The number of fused-ring (bicyclic) bond motifs is 2. The number of imidazole rings is 1. The minimum Gasteiger partial charge on any atom is -0.469 e. The van der Waals surface area contributed by atoms with E-state index in [0.29, 0.717) is 11.6 Å². The van der Waals surface area contributed by atoms with Gasteiger partial charge in [-0.3, -0.25) is 9.36 Å². The number of carbonyl (C=O) groups is 1. The summed E-state index contributed by atoms with van der Waals surface area (Å²) >= 11 is 0. The lowest BCUT2D eigenvalue weighted by Gasteiger charge is -2.13. The van der Waals surface area contributed by atoms with Gasteiger partial charge in [0.25, 0.3) is 0 Å². The van der Waals surface area contributed by atoms with Crippen molar-refractivity contribution in [2.45, 2.75) is 18.8 Å². The van der Waals surface area contributed by atoms with E-state index >= 15 is 0 Å². The number of ether oxygens (including phenoxy) is 1. The van der Waals surface area contributed by atoms with E-state index in [9.17, 15) is 4.79 Å². The van der Waals surface area contributed by atoms with Gasteiger partial charge in [0.05, 0.1) is 24.3 Å². The number of rotatable bonds is 4. The lowest BCUT2D eigenvalue weighted by atomic mass is 10.0. The molecular formula is C28H23N5O2. The molecule has 0 radical (unpaired) electrons. The SMILES string of the molecule is COC(=O)C1CCc2cc(-n3c(-c4cccnc4N)nc4ccc(-c5ccccc5)nc43)ccc21. The third-order valence-electron chi connectivity index (χ3n) is 6.60. The maximum atomic E-state index is 12.2. The number of nitrogen functional groups attached to an aromatic ring is 1. The molecule has 0 spiro atoms. The van der Waals surface area contributed by atoms with Gasteiger partial charge in [-0.05, 0) is 60.4 Å².